The number of aromatic nitrogens is 1. The van der Waals surface area contributed by atoms with Gasteiger partial charge in [0.15, 0.2) is 0 Å². The van der Waals surface area contributed by atoms with Gasteiger partial charge < -0.3 is 10.4 Å². The van der Waals surface area contributed by atoms with Crippen molar-refractivity contribution in [3.63, 3.8) is 0 Å². The normalized spacial score (nSPS) is 10.3. The summed E-state index contributed by atoms with van der Waals surface area (Å²) in [5.41, 5.74) is 3.43. The van der Waals surface area contributed by atoms with Crippen molar-refractivity contribution in [1.29, 1.82) is 0 Å². The molecule has 0 aliphatic carbocycles. The lowest BCUT2D eigenvalue weighted by Gasteiger charge is -2.10. The van der Waals surface area contributed by atoms with Crippen LogP contribution in [0.1, 0.15) is 34.1 Å². The number of pyridine rings is 1. The molecule has 0 unspecified atom stereocenters. The number of nitrogens with one attached hydrogen (secondary N) is 1. The Hall–Kier alpha value is -2.36. The van der Waals surface area contributed by atoms with Crippen LogP contribution < -0.4 is 5.32 Å². The Morgan fingerprint density at radius 1 is 1.25 bits per heavy atom. The van der Waals surface area contributed by atoms with E-state index in [4.69, 9.17) is 5.11 Å². The Balaban J connectivity index is 2.16. The van der Waals surface area contributed by atoms with Crippen LogP contribution in [-0.4, -0.2) is 16.1 Å². The summed E-state index contributed by atoms with van der Waals surface area (Å²) in [6, 6.07) is 11.3. The standard InChI is InChI=1S/C16H18N2O2/c1-3-12-6-4-5-7-13(12)10-17-15-9-14(16(19)20)8-11(2)18-15/h4-9H,3,10H2,1-2H3,(H,17,18)(H,19,20). The van der Waals surface area contributed by atoms with E-state index in [0.717, 1.165) is 6.42 Å². The van der Waals surface area contributed by atoms with E-state index in [2.05, 4.69) is 29.4 Å². The number of aromatic carboxylic acids is 1. The van der Waals surface area contributed by atoms with E-state index in [1.54, 1.807) is 19.1 Å². The maximum Gasteiger partial charge on any atom is 0.335 e. The number of hydrogen-bond acceptors (Lipinski definition) is 3. The van der Waals surface area contributed by atoms with Gasteiger partial charge >= 0.3 is 5.97 Å². The summed E-state index contributed by atoms with van der Waals surface area (Å²) in [4.78, 5) is 15.3. The zero-order valence-electron chi connectivity index (χ0n) is 11.7. The van der Waals surface area contributed by atoms with Crippen molar-refractivity contribution < 1.29 is 9.90 Å². The third kappa shape index (κ3) is 3.35. The second kappa shape index (κ2) is 6.19. The molecular weight excluding hydrogens is 252 g/mol. The Kier molecular flexibility index (Phi) is 4.35. The van der Waals surface area contributed by atoms with Gasteiger partial charge in [0.25, 0.3) is 0 Å². The molecule has 0 radical (unpaired) electrons. The smallest absolute Gasteiger partial charge is 0.335 e. The monoisotopic (exact) mass is 270 g/mol. The molecule has 0 saturated heterocycles. The fourth-order valence-electron chi connectivity index (χ4n) is 2.14. The second-order valence-electron chi connectivity index (χ2n) is 4.66. The summed E-state index contributed by atoms with van der Waals surface area (Å²) < 4.78 is 0. The highest BCUT2D eigenvalue weighted by molar-refractivity contribution is 5.88. The predicted molar refractivity (Wildman–Crippen MR) is 79.1 cm³/mol. The van der Waals surface area contributed by atoms with Gasteiger partial charge in [0.1, 0.15) is 5.82 Å². The average Bonchev–Trinajstić information content (AvgIpc) is 2.44. The number of hydrogen-bond donors (Lipinski definition) is 2. The number of benzene rings is 1. The number of anilines is 1. The van der Waals surface area contributed by atoms with Gasteiger partial charge in [-0.1, -0.05) is 31.2 Å². The van der Waals surface area contributed by atoms with Gasteiger partial charge in [-0.2, -0.15) is 0 Å². The van der Waals surface area contributed by atoms with Crippen LogP contribution in [0.2, 0.25) is 0 Å². The van der Waals surface area contributed by atoms with E-state index in [1.165, 1.54) is 11.1 Å². The van der Waals surface area contributed by atoms with E-state index in [1.807, 2.05) is 12.1 Å². The molecular formula is C16H18N2O2. The van der Waals surface area contributed by atoms with Gasteiger partial charge in [0, 0.05) is 12.2 Å². The Bertz CT molecular complexity index is 624. The fraction of sp³-hybridized carbons (Fsp3) is 0.250. The molecule has 1 aromatic carbocycles. The quantitative estimate of drug-likeness (QED) is 0.875. The molecule has 0 atom stereocenters. The van der Waals surface area contributed by atoms with Crippen LogP contribution in [0.4, 0.5) is 5.82 Å². The molecule has 2 rings (SSSR count). The van der Waals surface area contributed by atoms with Gasteiger partial charge in [-0.15, -0.1) is 0 Å². The number of carbonyl (C=O) groups is 1. The molecule has 0 spiro atoms. The van der Waals surface area contributed by atoms with Crippen molar-refractivity contribution in [2.24, 2.45) is 0 Å². The molecule has 0 fully saturated rings. The van der Waals surface area contributed by atoms with E-state index >= 15 is 0 Å². The maximum atomic E-state index is 11.0. The summed E-state index contributed by atoms with van der Waals surface area (Å²) in [5, 5.41) is 12.2. The van der Waals surface area contributed by atoms with E-state index in [-0.39, 0.29) is 5.56 Å². The Morgan fingerprint density at radius 2 is 1.95 bits per heavy atom. The number of carboxylic acid groups (broad SMARTS) is 1. The van der Waals surface area contributed by atoms with Gasteiger partial charge in [0.05, 0.1) is 5.56 Å². The van der Waals surface area contributed by atoms with Crippen LogP contribution in [0.5, 0.6) is 0 Å². The molecule has 0 amide bonds. The van der Waals surface area contributed by atoms with Crippen molar-refractivity contribution in [2.75, 3.05) is 5.32 Å². The zero-order chi connectivity index (χ0) is 14.5. The van der Waals surface area contributed by atoms with Gasteiger partial charge in [0.2, 0.25) is 0 Å². The maximum absolute atomic E-state index is 11.0. The highest BCUT2D eigenvalue weighted by atomic mass is 16.4. The molecule has 2 aromatic rings. The number of rotatable bonds is 5. The molecule has 0 bridgehead atoms. The van der Waals surface area contributed by atoms with Crippen molar-refractivity contribution in [2.45, 2.75) is 26.8 Å². The third-order valence-corrected chi connectivity index (χ3v) is 3.16. The predicted octanol–water partition coefficient (Wildman–Crippen LogP) is 3.26. The van der Waals surface area contributed by atoms with Gasteiger partial charge in [-0.25, -0.2) is 9.78 Å². The van der Waals surface area contributed by atoms with Crippen molar-refractivity contribution in [1.82, 2.24) is 4.98 Å². The first-order valence-electron chi connectivity index (χ1n) is 6.62. The van der Waals surface area contributed by atoms with E-state index < -0.39 is 5.97 Å². The Labute approximate surface area is 118 Å². The fourth-order valence-corrected chi connectivity index (χ4v) is 2.14. The molecule has 1 aromatic heterocycles. The van der Waals surface area contributed by atoms with Crippen molar-refractivity contribution in [3.8, 4) is 0 Å². The first kappa shape index (κ1) is 14.1. The lowest BCUT2D eigenvalue weighted by atomic mass is 10.1. The van der Waals surface area contributed by atoms with Crippen LogP contribution in [0.3, 0.4) is 0 Å². The van der Waals surface area contributed by atoms with Gasteiger partial charge in [-0.05, 0) is 36.6 Å². The summed E-state index contributed by atoms with van der Waals surface area (Å²) >= 11 is 0. The van der Waals surface area contributed by atoms with E-state index in [0.29, 0.717) is 18.1 Å². The lowest BCUT2D eigenvalue weighted by molar-refractivity contribution is 0.0696. The van der Waals surface area contributed by atoms with E-state index in [9.17, 15) is 4.79 Å². The van der Waals surface area contributed by atoms with Crippen LogP contribution in [0.15, 0.2) is 36.4 Å². The zero-order valence-corrected chi connectivity index (χ0v) is 11.7. The van der Waals surface area contributed by atoms with Crippen LogP contribution in [0.25, 0.3) is 0 Å². The molecule has 104 valence electrons. The Morgan fingerprint density at radius 3 is 2.60 bits per heavy atom. The SMILES string of the molecule is CCc1ccccc1CNc1cc(C(=O)O)cc(C)n1. The number of aryl methyl sites for hydroxylation is 2. The number of carboxylic acids is 1. The molecule has 2 N–H and O–H groups in total. The molecule has 20 heavy (non-hydrogen) atoms. The van der Waals surface area contributed by atoms with Crippen LogP contribution >= 0.6 is 0 Å². The van der Waals surface area contributed by atoms with Crippen molar-refractivity contribution >= 4 is 11.8 Å². The minimum Gasteiger partial charge on any atom is -0.478 e. The first-order valence-corrected chi connectivity index (χ1v) is 6.62. The van der Waals surface area contributed by atoms with Crippen molar-refractivity contribution in [3.05, 3.63) is 58.8 Å². The summed E-state index contributed by atoms with van der Waals surface area (Å²) in [7, 11) is 0. The third-order valence-electron chi connectivity index (χ3n) is 3.16. The summed E-state index contributed by atoms with van der Waals surface area (Å²) in [5.74, 6) is -0.346. The highest BCUT2D eigenvalue weighted by Crippen LogP contribution is 2.14. The van der Waals surface area contributed by atoms with Crippen LogP contribution in [-0.2, 0) is 13.0 Å². The molecule has 0 saturated carbocycles. The second-order valence-corrected chi connectivity index (χ2v) is 4.66. The molecule has 1 heterocycles. The topological polar surface area (TPSA) is 62.2 Å². The summed E-state index contributed by atoms with van der Waals surface area (Å²) in [6.45, 7) is 4.55. The average molecular weight is 270 g/mol. The molecule has 0 aliphatic rings. The largest absolute Gasteiger partial charge is 0.478 e. The molecule has 4 nitrogen and oxygen atoms in total. The lowest BCUT2D eigenvalue weighted by Crippen LogP contribution is -2.06. The van der Waals surface area contributed by atoms with Gasteiger partial charge in [-0.3, -0.25) is 0 Å². The summed E-state index contributed by atoms with van der Waals surface area (Å²) in [6.07, 6.45) is 0.972. The minimum absolute atomic E-state index is 0.253. The number of nitrogens with zero attached hydrogens (tertiary/aromatic N) is 1. The first-order chi connectivity index (χ1) is 9.60. The highest BCUT2D eigenvalue weighted by Gasteiger charge is 2.07. The molecule has 0 aliphatic heterocycles. The van der Waals surface area contributed by atoms with Crippen LogP contribution in [0, 0.1) is 6.92 Å². The minimum atomic E-state index is -0.937. The molecule has 4 heteroatoms.